The minimum absolute atomic E-state index is 0.601. The fourth-order valence-corrected chi connectivity index (χ4v) is 2.56. The molecule has 0 fully saturated rings. The molecule has 3 nitrogen and oxygen atoms in total. The Morgan fingerprint density at radius 3 is 2.75 bits per heavy atom. The number of rotatable bonds is 2. The normalized spacial score (nSPS) is 13.9. The minimum Gasteiger partial charge on any atom is -0.369 e. The van der Waals surface area contributed by atoms with Gasteiger partial charge in [0.05, 0.1) is 5.69 Å². The van der Waals surface area contributed by atoms with Gasteiger partial charge in [-0.25, -0.2) is 4.99 Å². The third kappa shape index (κ3) is 2.27. The van der Waals surface area contributed by atoms with E-state index in [0.717, 1.165) is 18.8 Å². The van der Waals surface area contributed by atoms with Crippen LogP contribution in [-0.2, 0) is 13.1 Å². The van der Waals surface area contributed by atoms with Crippen molar-refractivity contribution in [2.24, 2.45) is 10.7 Å². The van der Waals surface area contributed by atoms with Crippen molar-refractivity contribution < 1.29 is 0 Å². The lowest BCUT2D eigenvalue weighted by atomic mass is 10.0. The van der Waals surface area contributed by atoms with E-state index in [1.54, 1.807) is 0 Å². The van der Waals surface area contributed by atoms with Crippen molar-refractivity contribution in [3.63, 3.8) is 0 Å². The van der Waals surface area contributed by atoms with Crippen LogP contribution in [0.2, 0.25) is 0 Å². The van der Waals surface area contributed by atoms with E-state index in [1.165, 1.54) is 22.3 Å². The van der Waals surface area contributed by atoms with Crippen molar-refractivity contribution in [3.05, 3.63) is 64.7 Å². The van der Waals surface area contributed by atoms with Crippen LogP contribution in [0.3, 0.4) is 0 Å². The molecular formula is C17H19N3. The molecule has 1 aliphatic heterocycles. The summed E-state index contributed by atoms with van der Waals surface area (Å²) in [6.45, 7) is 5.92. The summed E-state index contributed by atoms with van der Waals surface area (Å²) in [4.78, 5) is 6.62. The van der Waals surface area contributed by atoms with Crippen LogP contribution in [0.25, 0.3) is 0 Å². The van der Waals surface area contributed by atoms with Gasteiger partial charge in [0, 0.05) is 13.1 Å². The molecule has 2 aromatic rings. The highest BCUT2D eigenvalue weighted by Gasteiger charge is 2.18. The largest absolute Gasteiger partial charge is 0.369 e. The maximum Gasteiger partial charge on any atom is 0.197 e. The average molecular weight is 265 g/mol. The third-order valence-corrected chi connectivity index (χ3v) is 3.99. The highest BCUT2D eigenvalue weighted by molar-refractivity contribution is 5.83. The second kappa shape index (κ2) is 5.00. The Balaban J connectivity index is 1.88. The van der Waals surface area contributed by atoms with E-state index in [4.69, 9.17) is 5.73 Å². The number of nitrogens with two attached hydrogens (primary N) is 1. The van der Waals surface area contributed by atoms with Crippen LogP contribution in [-0.4, -0.2) is 10.9 Å². The van der Waals surface area contributed by atoms with Gasteiger partial charge in [-0.2, -0.15) is 0 Å². The Kier molecular flexibility index (Phi) is 3.18. The lowest BCUT2D eigenvalue weighted by Gasteiger charge is -2.28. The summed E-state index contributed by atoms with van der Waals surface area (Å²) in [6.07, 6.45) is 0. The van der Waals surface area contributed by atoms with Crippen LogP contribution < -0.4 is 5.73 Å². The Labute approximate surface area is 119 Å². The fraction of sp³-hybridized carbons (Fsp3) is 0.235. The standard InChI is InChI=1S/C17H19N3/c1-12-6-5-8-14(13(12)2)10-20-11-15-7-3-4-9-16(15)19-17(20)18/h3-9H,10-11H2,1-2H3,(H2,18,19). The molecule has 0 saturated carbocycles. The van der Waals surface area contributed by atoms with Crippen LogP contribution >= 0.6 is 0 Å². The first-order chi connectivity index (χ1) is 9.65. The summed E-state index contributed by atoms with van der Waals surface area (Å²) in [7, 11) is 0. The molecule has 0 atom stereocenters. The zero-order chi connectivity index (χ0) is 14.1. The monoisotopic (exact) mass is 265 g/mol. The number of guanidine groups is 1. The van der Waals surface area contributed by atoms with E-state index in [9.17, 15) is 0 Å². The van der Waals surface area contributed by atoms with Crippen molar-refractivity contribution >= 4 is 11.6 Å². The predicted octanol–water partition coefficient (Wildman–Crippen LogP) is 3.27. The first kappa shape index (κ1) is 12.7. The van der Waals surface area contributed by atoms with Gasteiger partial charge in [-0.15, -0.1) is 0 Å². The third-order valence-electron chi connectivity index (χ3n) is 3.99. The lowest BCUT2D eigenvalue weighted by Crippen LogP contribution is -2.38. The molecule has 102 valence electrons. The van der Waals surface area contributed by atoms with Crippen LogP contribution in [0, 0.1) is 13.8 Å². The van der Waals surface area contributed by atoms with Gasteiger partial charge in [0.15, 0.2) is 5.96 Å². The second-order valence-electron chi connectivity index (χ2n) is 5.31. The Morgan fingerprint density at radius 2 is 1.90 bits per heavy atom. The summed E-state index contributed by atoms with van der Waals surface area (Å²) in [5, 5.41) is 0. The van der Waals surface area contributed by atoms with Crippen LogP contribution in [0.1, 0.15) is 22.3 Å². The number of hydrogen-bond donors (Lipinski definition) is 1. The van der Waals surface area contributed by atoms with E-state index < -0.39 is 0 Å². The highest BCUT2D eigenvalue weighted by atomic mass is 15.3. The smallest absolute Gasteiger partial charge is 0.197 e. The number of para-hydroxylation sites is 1. The van der Waals surface area contributed by atoms with E-state index in [-0.39, 0.29) is 0 Å². The van der Waals surface area contributed by atoms with E-state index in [0.29, 0.717) is 5.96 Å². The summed E-state index contributed by atoms with van der Waals surface area (Å²) in [5.41, 5.74) is 12.3. The number of aliphatic imine (C=N–C) groups is 1. The quantitative estimate of drug-likeness (QED) is 0.905. The van der Waals surface area contributed by atoms with Crippen molar-refractivity contribution in [3.8, 4) is 0 Å². The molecule has 1 aliphatic rings. The van der Waals surface area contributed by atoms with Gasteiger partial charge in [-0.1, -0.05) is 36.4 Å². The van der Waals surface area contributed by atoms with Crippen molar-refractivity contribution in [1.29, 1.82) is 0 Å². The lowest BCUT2D eigenvalue weighted by molar-refractivity contribution is 0.395. The highest BCUT2D eigenvalue weighted by Crippen LogP contribution is 2.26. The Hall–Kier alpha value is -2.29. The van der Waals surface area contributed by atoms with Crippen LogP contribution in [0.5, 0.6) is 0 Å². The molecule has 2 aromatic carbocycles. The van der Waals surface area contributed by atoms with Crippen LogP contribution in [0.15, 0.2) is 47.5 Å². The molecule has 0 unspecified atom stereocenters. The van der Waals surface area contributed by atoms with Gasteiger partial charge >= 0.3 is 0 Å². The molecule has 0 bridgehead atoms. The summed E-state index contributed by atoms with van der Waals surface area (Å²) < 4.78 is 0. The van der Waals surface area contributed by atoms with Gasteiger partial charge < -0.3 is 10.6 Å². The van der Waals surface area contributed by atoms with Gasteiger partial charge in [0.2, 0.25) is 0 Å². The number of fused-ring (bicyclic) bond motifs is 1. The van der Waals surface area contributed by atoms with E-state index in [2.05, 4.69) is 48.0 Å². The Morgan fingerprint density at radius 1 is 1.10 bits per heavy atom. The zero-order valence-electron chi connectivity index (χ0n) is 11.9. The minimum atomic E-state index is 0.601. The van der Waals surface area contributed by atoms with Gasteiger partial charge in [0.25, 0.3) is 0 Å². The summed E-state index contributed by atoms with van der Waals surface area (Å²) in [6, 6.07) is 14.6. The molecule has 20 heavy (non-hydrogen) atoms. The molecule has 3 rings (SSSR count). The maximum absolute atomic E-state index is 6.11. The SMILES string of the molecule is Cc1cccc(CN2Cc3ccccc3N=C2N)c1C. The maximum atomic E-state index is 6.11. The Bertz CT molecular complexity index is 674. The van der Waals surface area contributed by atoms with E-state index in [1.807, 2.05) is 18.2 Å². The molecule has 1 heterocycles. The number of aryl methyl sites for hydroxylation is 1. The first-order valence-corrected chi connectivity index (χ1v) is 6.87. The topological polar surface area (TPSA) is 41.6 Å². The van der Waals surface area contributed by atoms with Crippen LogP contribution in [0.4, 0.5) is 5.69 Å². The van der Waals surface area contributed by atoms with Crippen molar-refractivity contribution in [2.45, 2.75) is 26.9 Å². The summed E-state index contributed by atoms with van der Waals surface area (Å²) in [5.74, 6) is 0.601. The zero-order valence-corrected chi connectivity index (χ0v) is 11.9. The number of hydrogen-bond acceptors (Lipinski definition) is 3. The number of nitrogens with zero attached hydrogens (tertiary/aromatic N) is 2. The molecule has 0 amide bonds. The van der Waals surface area contributed by atoms with Gasteiger partial charge in [-0.05, 0) is 42.2 Å². The average Bonchev–Trinajstić information content (AvgIpc) is 2.44. The predicted molar refractivity (Wildman–Crippen MR) is 82.9 cm³/mol. The number of benzene rings is 2. The summed E-state index contributed by atoms with van der Waals surface area (Å²) >= 11 is 0. The van der Waals surface area contributed by atoms with Gasteiger partial charge in [-0.3, -0.25) is 0 Å². The van der Waals surface area contributed by atoms with Crippen molar-refractivity contribution in [1.82, 2.24) is 4.90 Å². The molecule has 3 heteroatoms. The van der Waals surface area contributed by atoms with Crippen molar-refractivity contribution in [2.75, 3.05) is 0 Å². The molecule has 0 spiro atoms. The molecule has 0 radical (unpaired) electrons. The van der Waals surface area contributed by atoms with Gasteiger partial charge in [0.1, 0.15) is 0 Å². The fourth-order valence-electron chi connectivity index (χ4n) is 2.56. The molecule has 0 aliphatic carbocycles. The second-order valence-corrected chi connectivity index (χ2v) is 5.31. The molecule has 0 saturated heterocycles. The van der Waals surface area contributed by atoms with E-state index >= 15 is 0 Å². The molecular weight excluding hydrogens is 246 g/mol. The molecule has 2 N–H and O–H groups in total. The molecule has 0 aromatic heterocycles. The first-order valence-electron chi connectivity index (χ1n) is 6.87.